The third-order valence-electron chi connectivity index (χ3n) is 3.70. The summed E-state index contributed by atoms with van der Waals surface area (Å²) in [5.41, 5.74) is 1.86. The van der Waals surface area contributed by atoms with Gasteiger partial charge in [-0.3, -0.25) is 4.79 Å². The molecule has 0 unspecified atom stereocenters. The molecule has 0 saturated heterocycles. The molecule has 0 amide bonds. The summed E-state index contributed by atoms with van der Waals surface area (Å²) < 4.78 is 15.8. The molecule has 6 nitrogen and oxygen atoms in total. The van der Waals surface area contributed by atoms with Gasteiger partial charge < -0.3 is 24.1 Å². The second kappa shape index (κ2) is 9.82. The Kier molecular flexibility index (Phi) is 7.47. The van der Waals surface area contributed by atoms with Gasteiger partial charge in [-0.15, -0.1) is 0 Å². The average molecular weight is 376 g/mol. The largest absolute Gasteiger partial charge is 0.495 e. The van der Waals surface area contributed by atoms with E-state index in [2.05, 4.69) is 5.32 Å². The molecule has 0 aliphatic rings. The van der Waals surface area contributed by atoms with Crippen LogP contribution < -0.4 is 10.1 Å². The van der Waals surface area contributed by atoms with Gasteiger partial charge in [-0.2, -0.15) is 0 Å². The van der Waals surface area contributed by atoms with Crippen LogP contribution in [0, 0.1) is 6.92 Å². The van der Waals surface area contributed by atoms with E-state index in [-0.39, 0.29) is 12.4 Å². The monoisotopic (exact) mass is 376 g/mol. The molecule has 0 radical (unpaired) electrons. The molecule has 0 fully saturated rings. The first kappa shape index (κ1) is 19.8. The molecule has 1 aromatic carbocycles. The maximum atomic E-state index is 11.7. The smallest absolute Gasteiger partial charge is 0.307 e. The number of anilines is 1. The fourth-order valence-electron chi connectivity index (χ4n) is 2.42. The fourth-order valence-corrected chi connectivity index (χ4v) is 2.68. The minimum atomic E-state index is -0.257. The van der Waals surface area contributed by atoms with Crippen molar-refractivity contribution >= 4 is 29.0 Å². The topological polar surface area (TPSA) is 63.9 Å². The first-order valence-electron chi connectivity index (χ1n) is 8.42. The minimum absolute atomic E-state index is 0.237. The number of hydrogen-bond donors (Lipinski definition) is 1. The van der Waals surface area contributed by atoms with Crippen LogP contribution in [0.1, 0.15) is 24.7 Å². The molecule has 26 heavy (non-hydrogen) atoms. The lowest BCUT2D eigenvalue weighted by molar-refractivity contribution is -0.143. The third-order valence-corrected chi connectivity index (χ3v) is 4.06. The summed E-state index contributed by atoms with van der Waals surface area (Å²) >= 11 is 5.56. The van der Waals surface area contributed by atoms with Crippen molar-refractivity contribution in [2.45, 2.75) is 26.8 Å². The van der Waals surface area contributed by atoms with Crippen molar-refractivity contribution in [3.8, 4) is 5.75 Å². The highest BCUT2D eigenvalue weighted by Gasteiger charge is 2.16. The summed E-state index contributed by atoms with van der Waals surface area (Å²) in [7, 11) is 1.61. The van der Waals surface area contributed by atoms with Crippen molar-refractivity contribution in [1.82, 2.24) is 4.90 Å². The molecule has 0 aliphatic carbocycles. The fraction of sp³-hybridized carbons (Fsp3) is 0.368. The molecule has 0 aliphatic heterocycles. The van der Waals surface area contributed by atoms with E-state index < -0.39 is 0 Å². The van der Waals surface area contributed by atoms with E-state index in [0.717, 1.165) is 17.0 Å². The molecule has 0 spiro atoms. The van der Waals surface area contributed by atoms with Crippen molar-refractivity contribution in [3.63, 3.8) is 0 Å². The van der Waals surface area contributed by atoms with Crippen LogP contribution in [0.5, 0.6) is 5.75 Å². The Labute approximate surface area is 159 Å². The standard InChI is InChI=1S/C19H24N2O4S/c1-4-24-18(22)9-10-21(13-15-6-5-11-25-15)19(26)20-16-12-14(2)7-8-17(16)23-3/h5-8,11-12H,4,9-10,13H2,1-3H3,(H,20,26). The van der Waals surface area contributed by atoms with Crippen LogP contribution in [0.15, 0.2) is 41.0 Å². The second-order valence-corrected chi connectivity index (χ2v) is 6.08. The molecule has 7 heteroatoms. The Morgan fingerprint density at radius 3 is 2.81 bits per heavy atom. The lowest BCUT2D eigenvalue weighted by Crippen LogP contribution is -2.36. The zero-order chi connectivity index (χ0) is 18.9. The van der Waals surface area contributed by atoms with Crippen LogP contribution >= 0.6 is 12.2 Å². The Morgan fingerprint density at radius 2 is 2.15 bits per heavy atom. The number of nitrogens with zero attached hydrogens (tertiary/aromatic N) is 1. The van der Waals surface area contributed by atoms with Gasteiger partial charge in [-0.25, -0.2) is 0 Å². The minimum Gasteiger partial charge on any atom is -0.495 e. The van der Waals surface area contributed by atoms with E-state index in [1.54, 1.807) is 20.3 Å². The van der Waals surface area contributed by atoms with Crippen LogP contribution in [0.2, 0.25) is 0 Å². The lowest BCUT2D eigenvalue weighted by Gasteiger charge is -2.25. The van der Waals surface area contributed by atoms with Gasteiger partial charge in [0.05, 0.1) is 38.6 Å². The van der Waals surface area contributed by atoms with E-state index in [4.69, 9.17) is 26.1 Å². The van der Waals surface area contributed by atoms with Gasteiger partial charge in [0.2, 0.25) is 0 Å². The van der Waals surface area contributed by atoms with Gasteiger partial charge in [0.25, 0.3) is 0 Å². The maximum absolute atomic E-state index is 11.7. The quantitative estimate of drug-likeness (QED) is 0.556. The van der Waals surface area contributed by atoms with Crippen molar-refractivity contribution in [2.24, 2.45) is 0 Å². The summed E-state index contributed by atoms with van der Waals surface area (Å²) in [6.07, 6.45) is 1.85. The number of methoxy groups -OCH3 is 1. The predicted octanol–water partition coefficient (Wildman–Crippen LogP) is 3.75. The number of ether oxygens (including phenoxy) is 2. The summed E-state index contributed by atoms with van der Waals surface area (Å²) in [4.78, 5) is 13.6. The molecule has 2 rings (SSSR count). The second-order valence-electron chi connectivity index (χ2n) is 5.69. The number of esters is 1. The predicted molar refractivity (Wildman–Crippen MR) is 104 cm³/mol. The van der Waals surface area contributed by atoms with Gasteiger partial charge in [0.1, 0.15) is 11.5 Å². The van der Waals surface area contributed by atoms with Crippen molar-refractivity contribution in [3.05, 3.63) is 47.9 Å². The van der Waals surface area contributed by atoms with Crippen molar-refractivity contribution in [1.29, 1.82) is 0 Å². The highest BCUT2D eigenvalue weighted by atomic mass is 32.1. The molecule has 0 bridgehead atoms. The van der Waals surface area contributed by atoms with Crippen LogP contribution in [0.3, 0.4) is 0 Å². The van der Waals surface area contributed by atoms with E-state index in [1.165, 1.54) is 0 Å². The number of carbonyl (C=O) groups is 1. The molecule has 0 saturated carbocycles. The van der Waals surface area contributed by atoms with Gasteiger partial charge >= 0.3 is 5.97 Å². The third kappa shape index (κ3) is 5.77. The highest BCUT2D eigenvalue weighted by molar-refractivity contribution is 7.80. The lowest BCUT2D eigenvalue weighted by atomic mass is 10.2. The zero-order valence-electron chi connectivity index (χ0n) is 15.3. The normalized spacial score (nSPS) is 10.3. The van der Waals surface area contributed by atoms with E-state index in [9.17, 15) is 4.79 Å². The zero-order valence-corrected chi connectivity index (χ0v) is 16.1. The number of benzene rings is 1. The van der Waals surface area contributed by atoms with Crippen LogP contribution in [-0.2, 0) is 16.1 Å². The van der Waals surface area contributed by atoms with Crippen LogP contribution in [0.25, 0.3) is 0 Å². The summed E-state index contributed by atoms with van der Waals surface area (Å²) in [6.45, 7) is 5.01. The molecule has 2 aromatic rings. The van der Waals surface area contributed by atoms with Gasteiger partial charge in [0.15, 0.2) is 5.11 Å². The van der Waals surface area contributed by atoms with Crippen LogP contribution in [-0.4, -0.2) is 36.2 Å². The summed E-state index contributed by atoms with van der Waals surface area (Å²) in [5.74, 6) is 1.20. The summed E-state index contributed by atoms with van der Waals surface area (Å²) in [5, 5.41) is 3.69. The van der Waals surface area contributed by atoms with Gasteiger partial charge in [-0.1, -0.05) is 6.07 Å². The maximum Gasteiger partial charge on any atom is 0.307 e. The van der Waals surface area contributed by atoms with E-state index in [0.29, 0.717) is 30.6 Å². The molecule has 0 atom stereocenters. The Morgan fingerprint density at radius 1 is 1.35 bits per heavy atom. The first-order valence-corrected chi connectivity index (χ1v) is 8.83. The van der Waals surface area contributed by atoms with Gasteiger partial charge in [-0.05, 0) is 55.9 Å². The van der Waals surface area contributed by atoms with E-state index >= 15 is 0 Å². The number of rotatable bonds is 8. The average Bonchev–Trinajstić information content (AvgIpc) is 3.12. The molecule has 1 N–H and O–H groups in total. The first-order chi connectivity index (χ1) is 12.5. The molecule has 140 valence electrons. The van der Waals surface area contributed by atoms with E-state index in [1.807, 2.05) is 42.2 Å². The molecule has 1 heterocycles. The van der Waals surface area contributed by atoms with Gasteiger partial charge in [0, 0.05) is 6.54 Å². The molecule has 1 aromatic heterocycles. The number of carbonyl (C=O) groups excluding carboxylic acids is 1. The van der Waals surface area contributed by atoms with Crippen molar-refractivity contribution in [2.75, 3.05) is 25.6 Å². The number of nitrogens with one attached hydrogen (secondary N) is 1. The summed E-state index contributed by atoms with van der Waals surface area (Å²) in [6, 6.07) is 9.50. The molecular weight excluding hydrogens is 352 g/mol. The molecular formula is C19H24N2O4S. The number of hydrogen-bond acceptors (Lipinski definition) is 5. The number of thiocarbonyl (C=S) groups is 1. The highest BCUT2D eigenvalue weighted by Crippen LogP contribution is 2.25. The Bertz CT molecular complexity index is 731. The van der Waals surface area contributed by atoms with Crippen LogP contribution in [0.4, 0.5) is 5.69 Å². The SMILES string of the molecule is CCOC(=O)CCN(Cc1ccco1)C(=S)Nc1cc(C)ccc1OC. The Hall–Kier alpha value is -2.54. The number of aryl methyl sites for hydroxylation is 1. The Balaban J connectivity index is 2.11. The number of furan rings is 1. The van der Waals surface area contributed by atoms with Crippen molar-refractivity contribution < 1.29 is 18.7 Å².